The monoisotopic (exact) mass is 420 g/mol. The highest BCUT2D eigenvalue weighted by atomic mass is 19.1. The molecule has 1 amide bonds. The summed E-state index contributed by atoms with van der Waals surface area (Å²) in [6.45, 7) is 3.84. The number of ether oxygens (including phenoxy) is 1. The predicted octanol–water partition coefficient (Wildman–Crippen LogP) is 4.54. The van der Waals surface area contributed by atoms with Crippen LogP contribution < -0.4 is 15.0 Å². The number of halogens is 1. The van der Waals surface area contributed by atoms with Crippen LogP contribution in [0.3, 0.4) is 0 Å². The molecule has 3 aromatic rings. The molecule has 31 heavy (non-hydrogen) atoms. The molecule has 160 valence electrons. The second-order valence-electron chi connectivity index (χ2n) is 7.45. The lowest BCUT2D eigenvalue weighted by Gasteiger charge is -2.33. The van der Waals surface area contributed by atoms with E-state index in [4.69, 9.17) is 4.74 Å². The van der Waals surface area contributed by atoms with Gasteiger partial charge >= 0.3 is 0 Å². The molecule has 0 bridgehead atoms. The number of carbonyl (C=O) groups is 1. The van der Waals surface area contributed by atoms with Gasteiger partial charge in [-0.25, -0.2) is 14.4 Å². The van der Waals surface area contributed by atoms with Crippen LogP contribution in [0, 0.1) is 11.7 Å². The van der Waals surface area contributed by atoms with E-state index < -0.39 is 0 Å². The zero-order valence-corrected chi connectivity index (χ0v) is 17.4. The van der Waals surface area contributed by atoms with Crippen molar-refractivity contribution in [1.82, 2.24) is 9.97 Å². The lowest BCUT2D eigenvalue weighted by Crippen LogP contribution is -2.41. The van der Waals surface area contributed by atoms with Crippen molar-refractivity contribution < 1.29 is 13.9 Å². The van der Waals surface area contributed by atoms with Crippen molar-refractivity contribution in [2.45, 2.75) is 19.8 Å². The molecule has 1 N–H and O–H groups in total. The molecule has 2 aromatic carbocycles. The van der Waals surface area contributed by atoms with E-state index >= 15 is 0 Å². The molecule has 1 unspecified atom stereocenters. The Morgan fingerprint density at radius 1 is 1.19 bits per heavy atom. The van der Waals surface area contributed by atoms with Gasteiger partial charge in [-0.2, -0.15) is 0 Å². The first kappa shape index (κ1) is 20.8. The highest BCUT2D eigenvalue weighted by Gasteiger charge is 2.27. The molecule has 1 fully saturated rings. The molecule has 1 aliphatic rings. The summed E-state index contributed by atoms with van der Waals surface area (Å²) in [4.78, 5) is 24.0. The zero-order valence-electron chi connectivity index (χ0n) is 17.4. The summed E-state index contributed by atoms with van der Waals surface area (Å²) in [7, 11) is 0. The molecule has 6 nitrogen and oxygen atoms in total. The number of hydrogen-bond acceptors (Lipinski definition) is 5. The van der Waals surface area contributed by atoms with Gasteiger partial charge in [-0.15, -0.1) is 0 Å². The van der Waals surface area contributed by atoms with Crippen LogP contribution in [0.4, 0.5) is 15.9 Å². The van der Waals surface area contributed by atoms with Gasteiger partial charge in [0.05, 0.1) is 18.2 Å². The normalized spacial score (nSPS) is 16.1. The van der Waals surface area contributed by atoms with Crippen LogP contribution in [-0.2, 0) is 4.79 Å². The molecule has 0 saturated carbocycles. The minimum atomic E-state index is -0.296. The average molecular weight is 420 g/mol. The van der Waals surface area contributed by atoms with Crippen LogP contribution in [0.5, 0.6) is 5.75 Å². The van der Waals surface area contributed by atoms with E-state index in [0.29, 0.717) is 30.4 Å². The Bertz CT molecular complexity index is 1040. The summed E-state index contributed by atoms with van der Waals surface area (Å²) in [5, 5.41) is 3.02. The fourth-order valence-electron chi connectivity index (χ4n) is 3.75. The second-order valence-corrected chi connectivity index (χ2v) is 7.45. The molecule has 1 atom stereocenters. The van der Waals surface area contributed by atoms with Crippen LogP contribution in [-0.4, -0.2) is 35.6 Å². The van der Waals surface area contributed by atoms with E-state index in [9.17, 15) is 9.18 Å². The van der Waals surface area contributed by atoms with Gasteiger partial charge < -0.3 is 15.0 Å². The lowest BCUT2D eigenvalue weighted by molar-refractivity contribution is -0.120. The average Bonchev–Trinajstić information content (AvgIpc) is 2.81. The third-order valence-electron chi connectivity index (χ3n) is 5.30. The Hall–Kier alpha value is -3.48. The topological polar surface area (TPSA) is 67.3 Å². The van der Waals surface area contributed by atoms with Crippen molar-refractivity contribution in [2.75, 3.05) is 29.9 Å². The van der Waals surface area contributed by atoms with Crippen molar-refractivity contribution in [1.29, 1.82) is 0 Å². The van der Waals surface area contributed by atoms with Crippen molar-refractivity contribution in [3.8, 4) is 17.1 Å². The van der Waals surface area contributed by atoms with Crippen LogP contribution in [0.1, 0.15) is 19.8 Å². The number of nitrogens with zero attached hydrogens (tertiary/aromatic N) is 3. The first-order chi connectivity index (χ1) is 15.1. The van der Waals surface area contributed by atoms with E-state index in [-0.39, 0.29) is 17.6 Å². The molecule has 4 rings (SSSR count). The van der Waals surface area contributed by atoms with Crippen LogP contribution >= 0.6 is 0 Å². The number of piperidine rings is 1. The van der Waals surface area contributed by atoms with Crippen LogP contribution in [0.2, 0.25) is 0 Å². The molecular weight excluding hydrogens is 395 g/mol. The number of rotatable bonds is 6. The van der Waals surface area contributed by atoms with E-state index in [0.717, 1.165) is 30.8 Å². The largest absolute Gasteiger partial charge is 0.492 e. The highest BCUT2D eigenvalue weighted by molar-refractivity contribution is 5.94. The van der Waals surface area contributed by atoms with Crippen molar-refractivity contribution in [3.63, 3.8) is 0 Å². The first-order valence-corrected chi connectivity index (χ1v) is 10.5. The van der Waals surface area contributed by atoms with Crippen LogP contribution in [0.15, 0.2) is 60.8 Å². The molecule has 7 heteroatoms. The van der Waals surface area contributed by atoms with Gasteiger partial charge in [0.25, 0.3) is 0 Å². The highest BCUT2D eigenvalue weighted by Crippen LogP contribution is 2.27. The molecule has 1 aromatic heterocycles. The minimum Gasteiger partial charge on any atom is -0.492 e. The lowest BCUT2D eigenvalue weighted by atomic mass is 9.97. The fourth-order valence-corrected chi connectivity index (χ4v) is 3.75. The first-order valence-electron chi connectivity index (χ1n) is 10.5. The fraction of sp³-hybridized carbons (Fsp3) is 0.292. The van der Waals surface area contributed by atoms with E-state index in [1.165, 1.54) is 12.1 Å². The maximum Gasteiger partial charge on any atom is 0.229 e. The van der Waals surface area contributed by atoms with Crippen LogP contribution in [0.25, 0.3) is 11.4 Å². The van der Waals surface area contributed by atoms with Gasteiger partial charge in [0, 0.05) is 24.8 Å². The second kappa shape index (κ2) is 9.55. The van der Waals surface area contributed by atoms with E-state index in [1.807, 2.05) is 37.3 Å². The molecule has 0 radical (unpaired) electrons. The molecule has 1 saturated heterocycles. The Balaban J connectivity index is 1.47. The summed E-state index contributed by atoms with van der Waals surface area (Å²) in [5.74, 6) is 1.50. The summed E-state index contributed by atoms with van der Waals surface area (Å²) in [5.41, 5.74) is 1.44. The summed E-state index contributed by atoms with van der Waals surface area (Å²) in [6, 6.07) is 15.4. The predicted molar refractivity (Wildman–Crippen MR) is 119 cm³/mol. The molecule has 2 heterocycles. The van der Waals surface area contributed by atoms with Gasteiger partial charge in [-0.1, -0.05) is 12.1 Å². The Kier molecular flexibility index (Phi) is 6.40. The number of hydrogen-bond donors (Lipinski definition) is 1. The smallest absolute Gasteiger partial charge is 0.229 e. The van der Waals surface area contributed by atoms with Gasteiger partial charge in [0.2, 0.25) is 5.91 Å². The number of amides is 1. The molecular formula is C24H25FN4O2. The standard InChI is InChI=1S/C24H25FN4O2/c1-2-31-21-8-4-3-7-20(21)27-24(30)18-6-5-15-29(16-18)22-13-14-26-23(28-22)17-9-11-19(25)12-10-17/h3-4,7-14,18H,2,5-6,15-16H2,1H3,(H,27,30). The molecule has 1 aliphatic heterocycles. The SMILES string of the molecule is CCOc1ccccc1NC(=O)C1CCCN(c2ccnc(-c3ccc(F)cc3)n2)C1. The van der Waals surface area contributed by atoms with Crippen molar-refractivity contribution in [3.05, 3.63) is 66.6 Å². The third kappa shape index (κ3) is 4.99. The number of benzene rings is 2. The minimum absolute atomic E-state index is 0.0235. The van der Waals surface area contributed by atoms with E-state index in [2.05, 4.69) is 20.2 Å². The zero-order chi connectivity index (χ0) is 21.6. The van der Waals surface area contributed by atoms with Gasteiger partial charge in [0.15, 0.2) is 5.82 Å². The van der Waals surface area contributed by atoms with Gasteiger partial charge in [0.1, 0.15) is 17.4 Å². The number of carbonyl (C=O) groups excluding carboxylic acids is 1. The van der Waals surface area contributed by atoms with Gasteiger partial charge in [-0.3, -0.25) is 4.79 Å². The van der Waals surface area contributed by atoms with E-state index in [1.54, 1.807) is 18.3 Å². The summed E-state index contributed by atoms with van der Waals surface area (Å²) < 4.78 is 18.8. The maximum absolute atomic E-state index is 13.2. The van der Waals surface area contributed by atoms with Gasteiger partial charge in [-0.05, 0) is 62.2 Å². The quantitative estimate of drug-likeness (QED) is 0.634. The molecule has 0 spiro atoms. The molecule has 0 aliphatic carbocycles. The number of para-hydroxylation sites is 2. The summed E-state index contributed by atoms with van der Waals surface area (Å²) in [6.07, 6.45) is 3.40. The summed E-state index contributed by atoms with van der Waals surface area (Å²) >= 11 is 0. The Morgan fingerprint density at radius 2 is 2.00 bits per heavy atom. The third-order valence-corrected chi connectivity index (χ3v) is 5.30. The Labute approximate surface area is 181 Å². The number of aromatic nitrogens is 2. The number of anilines is 2. The number of nitrogens with one attached hydrogen (secondary N) is 1. The van der Waals surface area contributed by atoms with Crippen molar-refractivity contribution in [2.24, 2.45) is 5.92 Å². The maximum atomic E-state index is 13.2. The van der Waals surface area contributed by atoms with Crippen molar-refractivity contribution >= 4 is 17.4 Å². The Morgan fingerprint density at radius 3 is 2.81 bits per heavy atom.